The molecule has 2 heteroatoms. The Kier molecular flexibility index (Phi) is 8.76. The summed E-state index contributed by atoms with van der Waals surface area (Å²) in [6, 6.07) is 93.2. The average Bonchev–Trinajstić information content (AvgIpc) is 3.86. The van der Waals surface area contributed by atoms with Crippen LogP contribution in [-0.4, -0.2) is 4.57 Å². The maximum atomic E-state index is 2.46. The van der Waals surface area contributed by atoms with E-state index in [2.05, 4.69) is 264 Å². The van der Waals surface area contributed by atoms with Crippen molar-refractivity contribution in [3.8, 4) is 39.1 Å². The molecule has 0 N–H and O–H groups in total. The molecular formula is C61H42N2. The minimum absolute atomic E-state index is 0.510. The van der Waals surface area contributed by atoms with Crippen molar-refractivity contribution in [3.63, 3.8) is 0 Å². The molecule has 0 unspecified atom stereocenters. The summed E-state index contributed by atoms with van der Waals surface area (Å²) in [5.74, 6) is 0. The van der Waals surface area contributed by atoms with Gasteiger partial charge in [-0.05, 0) is 105 Å². The quantitative estimate of drug-likeness (QED) is 0.149. The number of nitrogens with zero attached hydrogens (tertiary/aromatic N) is 2. The Hall–Kier alpha value is -8.20. The third kappa shape index (κ3) is 5.87. The summed E-state index contributed by atoms with van der Waals surface area (Å²) >= 11 is 0. The predicted octanol–water partition coefficient (Wildman–Crippen LogP) is 16.0. The molecule has 1 aliphatic rings. The molecule has 0 radical (unpaired) electrons. The van der Waals surface area contributed by atoms with Crippen LogP contribution in [-0.2, 0) is 5.41 Å². The zero-order valence-electron chi connectivity index (χ0n) is 34.6. The molecule has 0 atom stereocenters. The molecule has 1 heterocycles. The topological polar surface area (TPSA) is 8.17 Å². The minimum atomic E-state index is -0.510. The van der Waals surface area contributed by atoms with Gasteiger partial charge in [0.25, 0.3) is 0 Å². The first-order valence-electron chi connectivity index (χ1n) is 21.8. The molecule has 296 valence electrons. The highest BCUT2D eigenvalue weighted by atomic mass is 15.1. The normalized spacial score (nSPS) is 12.6. The third-order valence-electron chi connectivity index (χ3n) is 13.1. The van der Waals surface area contributed by atoms with E-state index in [9.17, 15) is 0 Å². The van der Waals surface area contributed by atoms with E-state index >= 15 is 0 Å². The molecular weight excluding hydrogens is 761 g/mol. The Morgan fingerprint density at radius 3 is 1.43 bits per heavy atom. The lowest BCUT2D eigenvalue weighted by Crippen LogP contribution is -2.28. The van der Waals surface area contributed by atoms with Gasteiger partial charge in [-0.2, -0.15) is 0 Å². The van der Waals surface area contributed by atoms with Gasteiger partial charge in [-0.3, -0.25) is 0 Å². The number of hydrogen-bond acceptors (Lipinski definition) is 1. The second kappa shape index (κ2) is 15.1. The van der Waals surface area contributed by atoms with Crippen molar-refractivity contribution < 1.29 is 0 Å². The van der Waals surface area contributed by atoms with Crippen LogP contribution in [0.25, 0.3) is 60.9 Å². The Morgan fingerprint density at radius 2 is 0.794 bits per heavy atom. The van der Waals surface area contributed by atoms with Crippen LogP contribution >= 0.6 is 0 Å². The molecule has 1 aliphatic carbocycles. The number of rotatable bonds is 8. The molecule has 0 saturated carbocycles. The smallest absolute Gasteiger partial charge is 0.0714 e. The van der Waals surface area contributed by atoms with Crippen molar-refractivity contribution >= 4 is 38.9 Å². The molecule has 2 nitrogen and oxygen atoms in total. The van der Waals surface area contributed by atoms with Gasteiger partial charge in [0.2, 0.25) is 0 Å². The van der Waals surface area contributed by atoms with Crippen LogP contribution in [0.4, 0.5) is 17.1 Å². The number of benzene rings is 10. The van der Waals surface area contributed by atoms with E-state index in [-0.39, 0.29) is 0 Å². The summed E-state index contributed by atoms with van der Waals surface area (Å²) in [7, 11) is 0. The molecule has 1 aromatic heterocycles. The first-order valence-corrected chi connectivity index (χ1v) is 21.8. The van der Waals surface area contributed by atoms with Crippen LogP contribution in [0.15, 0.2) is 255 Å². The molecule has 12 rings (SSSR count). The fourth-order valence-corrected chi connectivity index (χ4v) is 10.3. The second-order valence-electron chi connectivity index (χ2n) is 16.4. The first kappa shape index (κ1) is 36.6. The zero-order chi connectivity index (χ0) is 41.7. The van der Waals surface area contributed by atoms with E-state index in [0.29, 0.717) is 0 Å². The lowest BCUT2D eigenvalue weighted by atomic mass is 9.67. The van der Waals surface area contributed by atoms with E-state index in [1.807, 2.05) is 0 Å². The van der Waals surface area contributed by atoms with Crippen LogP contribution < -0.4 is 4.90 Å². The predicted molar refractivity (Wildman–Crippen MR) is 264 cm³/mol. The van der Waals surface area contributed by atoms with Crippen molar-refractivity contribution in [2.24, 2.45) is 0 Å². The lowest BCUT2D eigenvalue weighted by Gasteiger charge is -2.35. The third-order valence-corrected chi connectivity index (χ3v) is 13.1. The second-order valence-corrected chi connectivity index (χ2v) is 16.4. The van der Waals surface area contributed by atoms with Gasteiger partial charge in [-0.25, -0.2) is 0 Å². The van der Waals surface area contributed by atoms with Crippen molar-refractivity contribution in [3.05, 3.63) is 277 Å². The highest BCUT2D eigenvalue weighted by Gasteiger charge is 2.46. The fourth-order valence-electron chi connectivity index (χ4n) is 10.3. The summed E-state index contributed by atoms with van der Waals surface area (Å²) in [5.41, 5.74) is 18.7. The summed E-state index contributed by atoms with van der Waals surface area (Å²) in [6.45, 7) is 0. The Morgan fingerprint density at radius 1 is 0.317 bits per heavy atom. The number of fused-ring (bicyclic) bond motifs is 6. The molecule has 0 spiro atoms. The van der Waals surface area contributed by atoms with E-state index in [1.54, 1.807) is 0 Å². The summed E-state index contributed by atoms with van der Waals surface area (Å²) in [6.07, 6.45) is 0. The largest absolute Gasteiger partial charge is 0.310 e. The van der Waals surface area contributed by atoms with E-state index < -0.39 is 5.41 Å². The van der Waals surface area contributed by atoms with Crippen LogP contribution in [0.5, 0.6) is 0 Å². The Balaban J connectivity index is 1.01. The Labute approximate surface area is 368 Å². The van der Waals surface area contributed by atoms with Gasteiger partial charge in [0.1, 0.15) is 0 Å². The van der Waals surface area contributed by atoms with Gasteiger partial charge in [-0.15, -0.1) is 0 Å². The molecule has 0 aliphatic heterocycles. The average molecular weight is 803 g/mol. The molecule has 10 aromatic carbocycles. The van der Waals surface area contributed by atoms with Gasteiger partial charge < -0.3 is 9.47 Å². The van der Waals surface area contributed by atoms with Crippen molar-refractivity contribution in [2.45, 2.75) is 5.41 Å². The molecule has 0 fully saturated rings. The van der Waals surface area contributed by atoms with Gasteiger partial charge >= 0.3 is 0 Å². The van der Waals surface area contributed by atoms with Crippen LogP contribution in [0.1, 0.15) is 22.3 Å². The van der Waals surface area contributed by atoms with Crippen LogP contribution in [0.3, 0.4) is 0 Å². The van der Waals surface area contributed by atoms with Gasteiger partial charge in [0.15, 0.2) is 0 Å². The Bertz CT molecular complexity index is 3330. The van der Waals surface area contributed by atoms with Gasteiger partial charge in [0, 0.05) is 33.4 Å². The number of anilines is 3. The van der Waals surface area contributed by atoms with E-state index in [1.165, 1.54) is 77.4 Å². The fraction of sp³-hybridized carbons (Fsp3) is 0.0164. The number of aromatic nitrogens is 1. The highest BCUT2D eigenvalue weighted by Crippen LogP contribution is 2.57. The molecule has 63 heavy (non-hydrogen) atoms. The molecule has 11 aromatic rings. The van der Waals surface area contributed by atoms with Crippen molar-refractivity contribution in [2.75, 3.05) is 4.90 Å². The molecule has 0 amide bonds. The van der Waals surface area contributed by atoms with Crippen molar-refractivity contribution in [1.29, 1.82) is 0 Å². The summed E-state index contributed by atoms with van der Waals surface area (Å²) in [4.78, 5) is 2.45. The first-order chi connectivity index (χ1) is 31.3. The molecule has 0 bridgehead atoms. The lowest BCUT2D eigenvalue weighted by molar-refractivity contribution is 0.768. The van der Waals surface area contributed by atoms with Gasteiger partial charge in [-0.1, -0.05) is 200 Å². The molecule has 0 saturated heterocycles. The van der Waals surface area contributed by atoms with Crippen molar-refractivity contribution in [1.82, 2.24) is 4.57 Å². The summed E-state index contributed by atoms with van der Waals surface area (Å²) < 4.78 is 2.37. The maximum Gasteiger partial charge on any atom is 0.0714 e. The summed E-state index contributed by atoms with van der Waals surface area (Å²) in [5, 5.41) is 2.54. The van der Waals surface area contributed by atoms with Gasteiger partial charge in [0.05, 0.1) is 22.1 Å². The monoisotopic (exact) mass is 802 g/mol. The highest BCUT2D eigenvalue weighted by molar-refractivity contribution is 6.09. The maximum absolute atomic E-state index is 2.46. The number of hydrogen-bond donors (Lipinski definition) is 0. The van der Waals surface area contributed by atoms with E-state index in [4.69, 9.17) is 0 Å². The number of para-hydroxylation sites is 3. The standard InChI is InChI=1S/C61H42N2/c1-4-18-45(19-5-1)51-24-11-15-29-58(51)62(48-36-32-43(33-37-48)44-34-38-49(39-35-44)63-59-30-16-12-26-54(59)55-27-13-17-31-60(55)63)50-40-41-53-52-25-10-14-28-56(52)61(57(53)42-50,46-20-6-2-7-21-46)47-22-8-3-9-23-47/h1-42H. The zero-order valence-corrected chi connectivity index (χ0v) is 34.6. The van der Waals surface area contributed by atoms with Crippen LogP contribution in [0, 0.1) is 0 Å². The SMILES string of the molecule is c1ccc(-c2ccccc2N(c2ccc(-c3ccc(-n4c5ccccc5c5ccccc54)cc3)cc2)c2ccc3c(c2)C(c2ccccc2)(c2ccccc2)c2ccccc2-3)cc1. The van der Waals surface area contributed by atoms with E-state index in [0.717, 1.165) is 22.7 Å². The minimum Gasteiger partial charge on any atom is -0.310 e. The van der Waals surface area contributed by atoms with Crippen LogP contribution in [0.2, 0.25) is 0 Å².